The van der Waals surface area contributed by atoms with Crippen LogP contribution in [0.15, 0.2) is 18.2 Å². The minimum absolute atomic E-state index is 0.0212. The van der Waals surface area contributed by atoms with Gasteiger partial charge in [0.2, 0.25) is 0 Å². The summed E-state index contributed by atoms with van der Waals surface area (Å²) in [6, 6.07) is 3.36. The largest absolute Gasteiger partial charge is 0.389 e. The maximum Gasteiger partial charge on any atom is 0.126 e. The van der Waals surface area contributed by atoms with Gasteiger partial charge in [0, 0.05) is 25.5 Å². The molecular weight excluding hydrogens is 226 g/mol. The molecule has 4 heteroatoms. The summed E-state index contributed by atoms with van der Waals surface area (Å²) in [6.07, 6.45) is 1.22. The molecule has 2 atom stereocenters. The summed E-state index contributed by atoms with van der Waals surface area (Å²) in [6.45, 7) is 2.37. The highest BCUT2D eigenvalue weighted by Crippen LogP contribution is 2.28. The van der Waals surface area contributed by atoms with Gasteiger partial charge in [-0.25, -0.2) is 8.78 Å². The molecule has 0 radical (unpaired) electrons. The third-order valence-corrected chi connectivity index (χ3v) is 3.09. The van der Waals surface area contributed by atoms with Gasteiger partial charge in [-0.3, -0.25) is 0 Å². The lowest BCUT2D eigenvalue weighted by molar-refractivity contribution is -0.0961. The third-order valence-electron chi connectivity index (χ3n) is 3.09. The van der Waals surface area contributed by atoms with E-state index in [2.05, 4.69) is 0 Å². The molecule has 1 aliphatic heterocycles. The summed E-state index contributed by atoms with van der Waals surface area (Å²) in [4.78, 5) is 0. The van der Waals surface area contributed by atoms with Crippen molar-refractivity contribution in [2.24, 2.45) is 0 Å². The summed E-state index contributed by atoms with van der Waals surface area (Å²) < 4.78 is 31.4. The Balaban J connectivity index is 2.13. The van der Waals surface area contributed by atoms with E-state index in [0.717, 1.165) is 6.07 Å². The van der Waals surface area contributed by atoms with Crippen molar-refractivity contribution in [1.29, 1.82) is 0 Å². The molecular formula is C13H16F2O2. The minimum atomic E-state index is -0.919. The molecule has 1 aromatic carbocycles. The van der Waals surface area contributed by atoms with E-state index >= 15 is 0 Å². The van der Waals surface area contributed by atoms with Crippen molar-refractivity contribution in [3.8, 4) is 0 Å². The standard InChI is InChI=1S/C13H16F2O2/c1-9-7-13(16,2-3-17-9)8-10-4-11(14)6-12(15)5-10/h4-6,9,16H,2-3,7-8H2,1H3. The average Bonchev–Trinajstić information content (AvgIpc) is 2.13. The smallest absolute Gasteiger partial charge is 0.126 e. The van der Waals surface area contributed by atoms with Crippen molar-refractivity contribution >= 4 is 0 Å². The maximum atomic E-state index is 13.0. The fourth-order valence-corrected chi connectivity index (χ4v) is 2.40. The summed E-state index contributed by atoms with van der Waals surface area (Å²) >= 11 is 0. The molecule has 0 aliphatic carbocycles. The Labute approximate surface area is 99.2 Å². The molecule has 1 fully saturated rings. The van der Waals surface area contributed by atoms with Crippen LogP contribution in [0.5, 0.6) is 0 Å². The molecule has 94 valence electrons. The maximum absolute atomic E-state index is 13.0. The van der Waals surface area contributed by atoms with E-state index in [1.54, 1.807) is 0 Å². The Morgan fingerprint density at radius 3 is 2.59 bits per heavy atom. The molecule has 2 rings (SSSR count). The highest BCUT2D eigenvalue weighted by Gasteiger charge is 2.33. The highest BCUT2D eigenvalue weighted by atomic mass is 19.1. The van der Waals surface area contributed by atoms with Crippen LogP contribution < -0.4 is 0 Å². The molecule has 0 spiro atoms. The van der Waals surface area contributed by atoms with Gasteiger partial charge in [0.1, 0.15) is 11.6 Å². The van der Waals surface area contributed by atoms with Crippen LogP contribution >= 0.6 is 0 Å². The molecule has 0 saturated carbocycles. The van der Waals surface area contributed by atoms with E-state index in [4.69, 9.17) is 4.74 Å². The lowest BCUT2D eigenvalue weighted by Gasteiger charge is -2.35. The van der Waals surface area contributed by atoms with Crippen LogP contribution in [0.4, 0.5) is 8.78 Å². The summed E-state index contributed by atoms with van der Waals surface area (Å²) in [5.74, 6) is -1.22. The number of benzene rings is 1. The predicted molar refractivity (Wildman–Crippen MR) is 59.7 cm³/mol. The zero-order chi connectivity index (χ0) is 12.5. The first-order valence-corrected chi connectivity index (χ1v) is 5.76. The molecule has 0 bridgehead atoms. The monoisotopic (exact) mass is 242 g/mol. The summed E-state index contributed by atoms with van der Waals surface area (Å²) in [5, 5.41) is 10.4. The van der Waals surface area contributed by atoms with Gasteiger partial charge in [-0.05, 0) is 31.0 Å². The second-order valence-corrected chi connectivity index (χ2v) is 4.81. The van der Waals surface area contributed by atoms with Gasteiger partial charge >= 0.3 is 0 Å². The number of rotatable bonds is 2. The van der Waals surface area contributed by atoms with Gasteiger partial charge in [-0.1, -0.05) is 0 Å². The van der Waals surface area contributed by atoms with Crippen molar-refractivity contribution in [2.75, 3.05) is 6.61 Å². The Morgan fingerprint density at radius 2 is 2.00 bits per heavy atom. The van der Waals surface area contributed by atoms with Crippen LogP contribution in [-0.2, 0) is 11.2 Å². The number of hydrogen-bond donors (Lipinski definition) is 1. The van der Waals surface area contributed by atoms with Crippen molar-refractivity contribution in [3.63, 3.8) is 0 Å². The van der Waals surface area contributed by atoms with Gasteiger partial charge in [0.25, 0.3) is 0 Å². The fraction of sp³-hybridized carbons (Fsp3) is 0.538. The zero-order valence-electron chi connectivity index (χ0n) is 9.75. The van der Waals surface area contributed by atoms with E-state index in [1.165, 1.54) is 12.1 Å². The van der Waals surface area contributed by atoms with Gasteiger partial charge in [0.15, 0.2) is 0 Å². The number of ether oxygens (including phenoxy) is 1. The highest BCUT2D eigenvalue weighted by molar-refractivity contribution is 5.20. The van der Waals surface area contributed by atoms with E-state index in [1.807, 2.05) is 6.92 Å². The number of hydrogen-bond acceptors (Lipinski definition) is 2. The quantitative estimate of drug-likeness (QED) is 0.863. The van der Waals surface area contributed by atoms with Gasteiger partial charge in [-0.15, -0.1) is 0 Å². The molecule has 0 amide bonds. The van der Waals surface area contributed by atoms with Crippen molar-refractivity contribution in [2.45, 2.75) is 37.9 Å². The van der Waals surface area contributed by atoms with E-state index < -0.39 is 17.2 Å². The van der Waals surface area contributed by atoms with E-state index in [9.17, 15) is 13.9 Å². The number of aliphatic hydroxyl groups is 1. The molecule has 17 heavy (non-hydrogen) atoms. The van der Waals surface area contributed by atoms with E-state index in [0.29, 0.717) is 25.0 Å². The summed E-state index contributed by atoms with van der Waals surface area (Å²) in [7, 11) is 0. The van der Waals surface area contributed by atoms with Crippen molar-refractivity contribution < 1.29 is 18.6 Å². The first kappa shape index (κ1) is 12.5. The van der Waals surface area contributed by atoms with Crippen molar-refractivity contribution in [1.82, 2.24) is 0 Å². The third kappa shape index (κ3) is 3.23. The second kappa shape index (κ2) is 4.70. The van der Waals surface area contributed by atoms with Crippen LogP contribution in [0.3, 0.4) is 0 Å². The lowest BCUT2D eigenvalue weighted by Crippen LogP contribution is -2.41. The molecule has 2 unspecified atom stereocenters. The van der Waals surface area contributed by atoms with E-state index in [-0.39, 0.29) is 12.5 Å². The van der Waals surface area contributed by atoms with Crippen LogP contribution in [0.2, 0.25) is 0 Å². The Hall–Kier alpha value is -1.00. The molecule has 1 aliphatic rings. The molecule has 1 heterocycles. The molecule has 1 N–H and O–H groups in total. The normalized spacial score (nSPS) is 29.3. The second-order valence-electron chi connectivity index (χ2n) is 4.81. The first-order valence-electron chi connectivity index (χ1n) is 5.76. The van der Waals surface area contributed by atoms with Crippen molar-refractivity contribution in [3.05, 3.63) is 35.4 Å². The van der Waals surface area contributed by atoms with Crippen LogP contribution in [0, 0.1) is 11.6 Å². The topological polar surface area (TPSA) is 29.5 Å². The number of halogens is 2. The molecule has 2 nitrogen and oxygen atoms in total. The Morgan fingerprint density at radius 1 is 1.35 bits per heavy atom. The predicted octanol–water partition coefficient (Wildman–Crippen LogP) is 2.44. The Bertz CT molecular complexity index is 388. The fourth-order valence-electron chi connectivity index (χ4n) is 2.40. The first-order chi connectivity index (χ1) is 7.97. The summed E-state index contributed by atoms with van der Waals surface area (Å²) in [5.41, 5.74) is -0.433. The molecule has 1 saturated heterocycles. The zero-order valence-corrected chi connectivity index (χ0v) is 9.75. The minimum Gasteiger partial charge on any atom is -0.389 e. The molecule has 0 aromatic heterocycles. The van der Waals surface area contributed by atoms with Crippen LogP contribution in [0.1, 0.15) is 25.3 Å². The average molecular weight is 242 g/mol. The van der Waals surface area contributed by atoms with Crippen LogP contribution in [0.25, 0.3) is 0 Å². The van der Waals surface area contributed by atoms with Crippen LogP contribution in [-0.4, -0.2) is 23.4 Å². The molecule has 1 aromatic rings. The van der Waals surface area contributed by atoms with Gasteiger partial charge < -0.3 is 9.84 Å². The van der Waals surface area contributed by atoms with Gasteiger partial charge in [0.05, 0.1) is 11.7 Å². The van der Waals surface area contributed by atoms with Gasteiger partial charge in [-0.2, -0.15) is 0 Å². The lowest BCUT2D eigenvalue weighted by atomic mass is 9.85. The Kier molecular flexibility index (Phi) is 3.45. The SMILES string of the molecule is CC1CC(O)(Cc2cc(F)cc(F)c2)CCO1.